The van der Waals surface area contributed by atoms with Gasteiger partial charge in [0.15, 0.2) is 5.15 Å². The van der Waals surface area contributed by atoms with E-state index in [0.29, 0.717) is 5.69 Å². The molecule has 100 valence electrons. The maximum atomic E-state index is 11.8. The number of amides is 4. The van der Waals surface area contributed by atoms with Crippen LogP contribution < -0.4 is 5.32 Å². The fourth-order valence-corrected chi connectivity index (χ4v) is 1.80. The van der Waals surface area contributed by atoms with Crippen LogP contribution in [-0.4, -0.2) is 52.8 Å². The Balaban J connectivity index is 2.01. The van der Waals surface area contributed by atoms with Gasteiger partial charge in [0.1, 0.15) is 13.1 Å². The van der Waals surface area contributed by atoms with Gasteiger partial charge in [-0.3, -0.25) is 14.5 Å². The van der Waals surface area contributed by atoms with E-state index in [2.05, 4.69) is 10.3 Å². The highest BCUT2D eigenvalue weighted by molar-refractivity contribution is 6.32. The van der Waals surface area contributed by atoms with Gasteiger partial charge >= 0.3 is 6.03 Å². The van der Waals surface area contributed by atoms with Crippen molar-refractivity contribution in [2.24, 2.45) is 0 Å². The lowest BCUT2D eigenvalue weighted by molar-refractivity contribution is -0.129. The van der Waals surface area contributed by atoms with Crippen molar-refractivity contribution in [1.82, 2.24) is 14.8 Å². The molecule has 1 aromatic rings. The minimum absolute atomic E-state index is 0.0141. The summed E-state index contributed by atoms with van der Waals surface area (Å²) in [5.74, 6) is -0.910. The molecule has 1 aliphatic rings. The van der Waals surface area contributed by atoms with Crippen molar-refractivity contribution in [2.75, 3.05) is 25.5 Å². The summed E-state index contributed by atoms with van der Waals surface area (Å²) in [7, 11) is 1.50. The maximum Gasteiger partial charge on any atom is 0.327 e. The molecule has 1 N–H and O–H groups in total. The molecule has 1 saturated heterocycles. The minimum Gasteiger partial charge on any atom is -0.322 e. The molecule has 7 nitrogen and oxygen atoms in total. The van der Waals surface area contributed by atoms with Crippen LogP contribution in [0.25, 0.3) is 0 Å². The average Bonchev–Trinajstić information content (AvgIpc) is 2.59. The van der Waals surface area contributed by atoms with Crippen LogP contribution in [-0.2, 0) is 9.59 Å². The molecule has 1 fully saturated rings. The van der Waals surface area contributed by atoms with Crippen LogP contribution in [0.5, 0.6) is 0 Å². The largest absolute Gasteiger partial charge is 0.327 e. The number of likely N-dealkylation sites (N-methyl/N-ethyl adjacent to an activating group) is 1. The quantitative estimate of drug-likeness (QED) is 0.649. The third-order valence-electron chi connectivity index (χ3n) is 2.57. The van der Waals surface area contributed by atoms with Crippen LogP contribution in [0.15, 0.2) is 18.3 Å². The molecule has 0 spiro atoms. The number of urea groups is 1. The van der Waals surface area contributed by atoms with Crippen LogP contribution in [0, 0.1) is 0 Å². The Morgan fingerprint density at radius 2 is 2.26 bits per heavy atom. The normalized spacial score (nSPS) is 15.1. The van der Waals surface area contributed by atoms with Crippen LogP contribution in [0.1, 0.15) is 0 Å². The highest BCUT2D eigenvalue weighted by Crippen LogP contribution is 2.17. The number of pyridine rings is 1. The van der Waals surface area contributed by atoms with E-state index in [9.17, 15) is 14.4 Å². The van der Waals surface area contributed by atoms with Crippen molar-refractivity contribution in [3.05, 3.63) is 23.5 Å². The van der Waals surface area contributed by atoms with Crippen LogP contribution >= 0.6 is 11.6 Å². The number of carbonyl (C=O) groups excluding carboxylic acids is 3. The van der Waals surface area contributed by atoms with Gasteiger partial charge in [0.05, 0.1) is 5.69 Å². The molecule has 0 saturated carbocycles. The number of halogens is 1. The first-order chi connectivity index (χ1) is 8.99. The van der Waals surface area contributed by atoms with Gasteiger partial charge in [0.25, 0.3) is 5.91 Å². The predicted octanol–water partition coefficient (Wildman–Crippen LogP) is 0.567. The summed E-state index contributed by atoms with van der Waals surface area (Å²) in [6, 6.07) is 2.70. The number of anilines is 1. The number of hydrogen-bond donors (Lipinski definition) is 1. The molecule has 0 atom stereocenters. The molecule has 2 rings (SSSR count). The highest BCUT2D eigenvalue weighted by atomic mass is 35.5. The Kier molecular flexibility index (Phi) is 3.66. The number of nitrogens with one attached hydrogen (secondary N) is 1. The van der Waals surface area contributed by atoms with E-state index in [4.69, 9.17) is 11.6 Å². The van der Waals surface area contributed by atoms with Gasteiger partial charge in [-0.25, -0.2) is 9.78 Å². The second-order valence-corrected chi connectivity index (χ2v) is 4.37. The maximum absolute atomic E-state index is 11.8. The summed E-state index contributed by atoms with van der Waals surface area (Å²) in [6.45, 7) is -0.354. The molecule has 4 amide bonds. The van der Waals surface area contributed by atoms with Crippen molar-refractivity contribution in [3.63, 3.8) is 0 Å². The first-order valence-corrected chi connectivity index (χ1v) is 5.82. The van der Waals surface area contributed by atoms with E-state index >= 15 is 0 Å². The Bertz CT molecular complexity index is 548. The number of aromatic nitrogens is 1. The van der Waals surface area contributed by atoms with Crippen molar-refractivity contribution in [1.29, 1.82) is 0 Å². The van der Waals surface area contributed by atoms with Crippen molar-refractivity contribution in [2.45, 2.75) is 0 Å². The van der Waals surface area contributed by atoms with Crippen LogP contribution in [0.2, 0.25) is 5.15 Å². The summed E-state index contributed by atoms with van der Waals surface area (Å²) < 4.78 is 0. The summed E-state index contributed by atoms with van der Waals surface area (Å²) in [5, 5.41) is 2.64. The summed E-state index contributed by atoms with van der Waals surface area (Å²) in [6.07, 6.45) is 1.49. The lowest BCUT2D eigenvalue weighted by atomic mass is 10.4. The first-order valence-electron chi connectivity index (χ1n) is 5.45. The van der Waals surface area contributed by atoms with Gasteiger partial charge in [0, 0.05) is 13.2 Å². The van der Waals surface area contributed by atoms with E-state index in [0.717, 1.165) is 4.90 Å². The molecular formula is C11H11ClN4O3. The molecule has 0 aliphatic carbocycles. The Morgan fingerprint density at radius 3 is 2.84 bits per heavy atom. The van der Waals surface area contributed by atoms with Gasteiger partial charge in [0.2, 0.25) is 5.91 Å². The highest BCUT2D eigenvalue weighted by Gasteiger charge is 2.34. The molecule has 0 aromatic carbocycles. The molecule has 1 aromatic heterocycles. The fraction of sp³-hybridized carbons (Fsp3) is 0.273. The summed E-state index contributed by atoms with van der Waals surface area (Å²) in [5.41, 5.74) is 0.335. The SMILES string of the molecule is CN1CC(=O)N(CC(=O)Nc2cccnc2Cl)C1=O. The van der Waals surface area contributed by atoms with Gasteiger partial charge in [-0.2, -0.15) is 0 Å². The minimum atomic E-state index is -0.507. The second-order valence-electron chi connectivity index (χ2n) is 4.01. The third-order valence-corrected chi connectivity index (χ3v) is 2.87. The number of hydrogen-bond acceptors (Lipinski definition) is 4. The van der Waals surface area contributed by atoms with Gasteiger partial charge in [-0.15, -0.1) is 0 Å². The molecule has 0 bridgehead atoms. The smallest absolute Gasteiger partial charge is 0.322 e. The second kappa shape index (κ2) is 5.23. The summed E-state index contributed by atoms with van der Waals surface area (Å²) >= 11 is 5.78. The third kappa shape index (κ3) is 2.82. The van der Waals surface area contributed by atoms with Crippen molar-refractivity contribution < 1.29 is 14.4 Å². The molecule has 19 heavy (non-hydrogen) atoms. The Labute approximate surface area is 114 Å². The monoisotopic (exact) mass is 282 g/mol. The lowest BCUT2D eigenvalue weighted by Crippen LogP contribution is -2.38. The van der Waals surface area contributed by atoms with E-state index in [1.165, 1.54) is 18.1 Å². The van der Waals surface area contributed by atoms with E-state index in [1.54, 1.807) is 12.1 Å². The van der Waals surface area contributed by atoms with Gasteiger partial charge in [-0.1, -0.05) is 11.6 Å². The van der Waals surface area contributed by atoms with E-state index in [-0.39, 0.29) is 18.2 Å². The Morgan fingerprint density at radius 1 is 1.53 bits per heavy atom. The summed E-state index contributed by atoms with van der Waals surface area (Å²) in [4.78, 5) is 40.8. The molecule has 0 radical (unpaired) electrons. The average molecular weight is 283 g/mol. The van der Waals surface area contributed by atoms with Gasteiger partial charge in [-0.05, 0) is 12.1 Å². The zero-order valence-corrected chi connectivity index (χ0v) is 10.8. The number of carbonyl (C=O) groups is 3. The zero-order valence-electron chi connectivity index (χ0n) is 10.1. The first kappa shape index (κ1) is 13.3. The molecule has 2 heterocycles. The topological polar surface area (TPSA) is 82.6 Å². The number of nitrogens with zero attached hydrogens (tertiary/aromatic N) is 3. The number of rotatable bonds is 3. The van der Waals surface area contributed by atoms with Crippen LogP contribution in [0.3, 0.4) is 0 Å². The van der Waals surface area contributed by atoms with E-state index in [1.807, 2.05) is 0 Å². The van der Waals surface area contributed by atoms with E-state index < -0.39 is 17.8 Å². The molecule has 1 aliphatic heterocycles. The predicted molar refractivity (Wildman–Crippen MR) is 67.6 cm³/mol. The van der Waals surface area contributed by atoms with Crippen LogP contribution in [0.4, 0.5) is 10.5 Å². The fourth-order valence-electron chi connectivity index (χ4n) is 1.64. The Hall–Kier alpha value is -2.15. The van der Waals surface area contributed by atoms with Crippen molar-refractivity contribution in [3.8, 4) is 0 Å². The number of imide groups is 1. The molecular weight excluding hydrogens is 272 g/mol. The standard InChI is InChI=1S/C11H11ClN4O3/c1-15-6-9(18)16(11(15)19)5-8(17)14-7-3-2-4-13-10(7)12/h2-4H,5-6H2,1H3,(H,14,17). The van der Waals surface area contributed by atoms with Crippen molar-refractivity contribution >= 4 is 35.1 Å². The van der Waals surface area contributed by atoms with Gasteiger partial charge < -0.3 is 10.2 Å². The lowest BCUT2D eigenvalue weighted by Gasteiger charge is -2.14. The zero-order chi connectivity index (χ0) is 14.0. The molecule has 0 unspecified atom stereocenters. The molecule has 8 heteroatoms.